The Kier molecular flexibility index (Phi) is 4.44. The van der Waals surface area contributed by atoms with Crippen LogP contribution in [0.5, 0.6) is 0 Å². The van der Waals surface area contributed by atoms with Crippen LogP contribution in [0.2, 0.25) is 0 Å². The van der Waals surface area contributed by atoms with Crippen LogP contribution < -0.4 is 4.90 Å². The van der Waals surface area contributed by atoms with E-state index in [1.165, 1.54) is 0 Å². The normalized spacial score (nSPS) is 24.6. The molecule has 2 aliphatic heterocycles. The Morgan fingerprint density at radius 2 is 1.74 bits per heavy atom. The summed E-state index contributed by atoms with van der Waals surface area (Å²) in [6.07, 6.45) is 3.62. The third kappa shape index (κ3) is 3.22. The molecule has 1 aromatic carbocycles. The van der Waals surface area contributed by atoms with Crippen LogP contribution in [0.25, 0.3) is 0 Å². The van der Waals surface area contributed by atoms with Crippen LogP contribution in [0.1, 0.15) is 43.2 Å². The van der Waals surface area contributed by atoms with Gasteiger partial charge in [0.05, 0.1) is 12.3 Å². The first-order valence-electron chi connectivity index (χ1n) is 9.77. The molecule has 0 bridgehead atoms. The van der Waals surface area contributed by atoms with E-state index in [9.17, 15) is 14.4 Å². The molecule has 0 radical (unpaired) electrons. The Morgan fingerprint density at radius 1 is 1.07 bits per heavy atom. The van der Waals surface area contributed by atoms with Crippen LogP contribution in [0.4, 0.5) is 5.69 Å². The predicted molar refractivity (Wildman–Crippen MR) is 100 cm³/mol. The van der Waals surface area contributed by atoms with E-state index in [2.05, 4.69) is 6.07 Å². The van der Waals surface area contributed by atoms with Crippen LogP contribution in [0, 0.1) is 19.8 Å². The highest BCUT2D eigenvalue weighted by Gasteiger charge is 2.55. The molecule has 1 aromatic rings. The maximum Gasteiger partial charge on any atom is 0.307 e. The summed E-state index contributed by atoms with van der Waals surface area (Å²) in [4.78, 5) is 41.2. The third-order valence-electron chi connectivity index (χ3n) is 6.12. The van der Waals surface area contributed by atoms with E-state index in [1.54, 1.807) is 9.80 Å². The summed E-state index contributed by atoms with van der Waals surface area (Å²) >= 11 is 0. The van der Waals surface area contributed by atoms with E-state index in [-0.39, 0.29) is 30.7 Å². The van der Waals surface area contributed by atoms with Crippen LogP contribution in [0.15, 0.2) is 18.2 Å². The zero-order chi connectivity index (χ0) is 19.2. The quantitative estimate of drug-likeness (QED) is 0.750. The van der Waals surface area contributed by atoms with Gasteiger partial charge in [0.15, 0.2) is 0 Å². The molecule has 3 fully saturated rings. The molecular weight excluding hydrogens is 344 g/mol. The van der Waals surface area contributed by atoms with Gasteiger partial charge in [0.25, 0.3) is 0 Å². The predicted octanol–water partition coefficient (Wildman–Crippen LogP) is 2.35. The zero-order valence-corrected chi connectivity index (χ0v) is 16.0. The van der Waals surface area contributed by atoms with E-state index in [4.69, 9.17) is 4.74 Å². The molecule has 1 saturated carbocycles. The summed E-state index contributed by atoms with van der Waals surface area (Å²) in [5, 5.41) is 0. The molecule has 27 heavy (non-hydrogen) atoms. The van der Waals surface area contributed by atoms with Crippen molar-refractivity contribution in [2.75, 3.05) is 24.5 Å². The Hall–Kier alpha value is -2.37. The van der Waals surface area contributed by atoms with Crippen LogP contribution in [-0.2, 0) is 19.1 Å². The van der Waals surface area contributed by atoms with Crippen molar-refractivity contribution < 1.29 is 19.1 Å². The summed E-state index contributed by atoms with van der Waals surface area (Å²) in [5.74, 6) is -0.898. The lowest BCUT2D eigenvalue weighted by Crippen LogP contribution is -2.55. The largest absolute Gasteiger partial charge is 0.458 e. The Morgan fingerprint density at radius 3 is 2.37 bits per heavy atom. The first-order valence-corrected chi connectivity index (χ1v) is 9.77. The van der Waals surface area contributed by atoms with Crippen molar-refractivity contribution in [3.63, 3.8) is 0 Å². The van der Waals surface area contributed by atoms with E-state index in [0.717, 1.165) is 42.5 Å². The highest BCUT2D eigenvalue weighted by Crippen LogP contribution is 2.46. The standard InChI is InChI=1S/C21H26N2O4/c1-14-9-15(2)11-16(10-14)23-8-7-22(13-18(23)24)20(26)17-12-19(25)27-21(17)5-3-4-6-21/h9-11,17H,3-8,12-13H2,1-2H3/t17-/m1/s1. The summed E-state index contributed by atoms with van der Waals surface area (Å²) in [5.41, 5.74) is 2.49. The van der Waals surface area contributed by atoms with Gasteiger partial charge in [-0.15, -0.1) is 0 Å². The van der Waals surface area contributed by atoms with E-state index in [1.807, 2.05) is 26.0 Å². The molecule has 0 aromatic heterocycles. The molecule has 3 aliphatic rings. The number of rotatable bonds is 2. The second kappa shape index (κ2) is 6.66. The zero-order valence-electron chi connectivity index (χ0n) is 16.0. The Labute approximate surface area is 159 Å². The fourth-order valence-electron chi connectivity index (χ4n) is 4.89. The van der Waals surface area contributed by atoms with E-state index < -0.39 is 11.5 Å². The van der Waals surface area contributed by atoms with Crippen molar-refractivity contribution in [2.24, 2.45) is 5.92 Å². The highest BCUT2D eigenvalue weighted by atomic mass is 16.6. The minimum atomic E-state index is -0.623. The molecule has 6 heteroatoms. The summed E-state index contributed by atoms with van der Waals surface area (Å²) in [6, 6.07) is 6.07. The van der Waals surface area contributed by atoms with Crippen molar-refractivity contribution >= 4 is 23.5 Å². The van der Waals surface area contributed by atoms with Gasteiger partial charge in [-0.25, -0.2) is 0 Å². The average Bonchev–Trinajstić information content (AvgIpc) is 3.20. The van der Waals surface area contributed by atoms with Crippen molar-refractivity contribution in [3.05, 3.63) is 29.3 Å². The molecule has 0 N–H and O–H groups in total. The minimum Gasteiger partial charge on any atom is -0.458 e. The van der Waals surface area contributed by atoms with E-state index in [0.29, 0.717) is 13.1 Å². The molecule has 1 aliphatic carbocycles. The fourth-order valence-corrected chi connectivity index (χ4v) is 4.89. The number of carbonyl (C=O) groups excluding carboxylic acids is 3. The van der Waals surface area contributed by atoms with Gasteiger partial charge in [-0.1, -0.05) is 6.07 Å². The first-order chi connectivity index (χ1) is 12.9. The molecule has 1 spiro atoms. The molecule has 0 unspecified atom stereocenters. The Balaban J connectivity index is 1.48. The molecule has 2 saturated heterocycles. The van der Waals surface area contributed by atoms with Crippen molar-refractivity contribution in [2.45, 2.75) is 51.6 Å². The first kappa shape index (κ1) is 18.0. The molecular formula is C21H26N2O4. The lowest BCUT2D eigenvalue weighted by Gasteiger charge is -2.37. The summed E-state index contributed by atoms with van der Waals surface area (Å²) < 4.78 is 5.60. The van der Waals surface area contributed by atoms with Crippen molar-refractivity contribution in [1.29, 1.82) is 0 Å². The smallest absolute Gasteiger partial charge is 0.307 e. The number of amides is 2. The van der Waals surface area contributed by atoms with Crippen molar-refractivity contribution in [3.8, 4) is 0 Å². The highest BCUT2D eigenvalue weighted by molar-refractivity contribution is 5.99. The number of esters is 1. The lowest BCUT2D eigenvalue weighted by atomic mass is 9.84. The van der Waals surface area contributed by atoms with Gasteiger partial charge in [0.2, 0.25) is 11.8 Å². The van der Waals surface area contributed by atoms with Gasteiger partial charge in [0.1, 0.15) is 12.1 Å². The molecule has 1 atom stereocenters. The van der Waals surface area contributed by atoms with Crippen LogP contribution in [0.3, 0.4) is 0 Å². The molecule has 144 valence electrons. The van der Waals surface area contributed by atoms with Gasteiger partial charge < -0.3 is 14.5 Å². The number of hydrogen-bond donors (Lipinski definition) is 0. The van der Waals surface area contributed by atoms with Gasteiger partial charge >= 0.3 is 5.97 Å². The number of piperazine rings is 1. The number of aryl methyl sites for hydroxylation is 2. The Bertz CT molecular complexity index is 777. The van der Waals surface area contributed by atoms with Gasteiger partial charge in [-0.2, -0.15) is 0 Å². The van der Waals surface area contributed by atoms with Gasteiger partial charge in [-0.05, 0) is 62.8 Å². The number of hydrogen-bond acceptors (Lipinski definition) is 4. The van der Waals surface area contributed by atoms with E-state index >= 15 is 0 Å². The lowest BCUT2D eigenvalue weighted by molar-refractivity contribution is -0.152. The monoisotopic (exact) mass is 370 g/mol. The number of ether oxygens (including phenoxy) is 1. The van der Waals surface area contributed by atoms with Crippen LogP contribution in [-0.4, -0.2) is 47.9 Å². The maximum atomic E-state index is 13.1. The number of anilines is 1. The minimum absolute atomic E-state index is 0.0621. The van der Waals surface area contributed by atoms with Crippen LogP contribution >= 0.6 is 0 Å². The number of nitrogens with zero attached hydrogens (tertiary/aromatic N) is 2. The number of carbonyl (C=O) groups is 3. The number of benzene rings is 1. The maximum absolute atomic E-state index is 13.1. The third-order valence-corrected chi connectivity index (χ3v) is 6.12. The van der Waals surface area contributed by atoms with Gasteiger partial charge in [0, 0.05) is 18.8 Å². The molecule has 2 amide bonds. The average molecular weight is 370 g/mol. The second-order valence-corrected chi connectivity index (χ2v) is 8.15. The fraction of sp³-hybridized carbons (Fsp3) is 0.571. The molecule has 4 rings (SSSR count). The summed E-state index contributed by atoms with van der Waals surface area (Å²) in [6.45, 7) is 5.05. The van der Waals surface area contributed by atoms with Crippen molar-refractivity contribution in [1.82, 2.24) is 4.90 Å². The summed E-state index contributed by atoms with van der Waals surface area (Å²) in [7, 11) is 0. The van der Waals surface area contributed by atoms with Gasteiger partial charge in [-0.3, -0.25) is 14.4 Å². The SMILES string of the molecule is Cc1cc(C)cc(N2CCN(C(=O)[C@H]3CC(=O)OC34CCCC4)CC2=O)c1. The second-order valence-electron chi connectivity index (χ2n) is 8.15. The topological polar surface area (TPSA) is 66.9 Å². The molecule has 6 nitrogen and oxygen atoms in total. The molecule has 2 heterocycles.